The number of hydrogen-bond acceptors (Lipinski definition) is 4. The van der Waals surface area contributed by atoms with Crippen molar-refractivity contribution in [3.63, 3.8) is 0 Å². The highest BCUT2D eigenvalue weighted by Gasteiger charge is 2.03. The molecule has 0 saturated heterocycles. The number of ether oxygens (including phenoxy) is 2. The summed E-state index contributed by atoms with van der Waals surface area (Å²) >= 11 is 0. The minimum absolute atomic E-state index is 0.0243. The number of nitrogens with zero attached hydrogens (tertiary/aromatic N) is 1. The summed E-state index contributed by atoms with van der Waals surface area (Å²) in [5, 5.41) is 0. The lowest BCUT2D eigenvalue weighted by atomic mass is 10.1. The molecule has 106 valence electrons. The number of anilines is 1. The topological polar surface area (TPSA) is 38.8 Å². The number of aryl methyl sites for hydroxylation is 1. The number of carbonyl (C=O) groups is 1. The summed E-state index contributed by atoms with van der Waals surface area (Å²) < 4.78 is 10.1. The van der Waals surface area contributed by atoms with Gasteiger partial charge in [-0.05, 0) is 31.0 Å². The first-order valence-electron chi connectivity index (χ1n) is 6.70. The van der Waals surface area contributed by atoms with Crippen LogP contribution in [0, 0.1) is 0 Å². The number of hydrogen-bond donors (Lipinski definition) is 0. The summed E-state index contributed by atoms with van der Waals surface area (Å²) in [6.07, 6.45) is 1.05. The number of carbonyl (C=O) groups excluding carboxylic acids is 1. The highest BCUT2D eigenvalue weighted by molar-refractivity contribution is 5.70. The smallest absolute Gasteiger partial charge is 0.332 e. The van der Waals surface area contributed by atoms with E-state index in [0.717, 1.165) is 18.7 Å². The zero-order valence-electron chi connectivity index (χ0n) is 12.0. The molecule has 0 saturated carbocycles. The molecule has 1 aromatic carbocycles. The van der Waals surface area contributed by atoms with E-state index in [1.54, 1.807) is 6.92 Å². The Bertz CT molecular complexity index is 375. The van der Waals surface area contributed by atoms with E-state index in [0.29, 0.717) is 13.2 Å². The Morgan fingerprint density at radius 1 is 1.21 bits per heavy atom. The fourth-order valence-corrected chi connectivity index (χ4v) is 1.67. The van der Waals surface area contributed by atoms with Crippen LogP contribution in [-0.2, 0) is 20.7 Å². The average Bonchev–Trinajstić information content (AvgIpc) is 2.44. The van der Waals surface area contributed by atoms with Gasteiger partial charge in [-0.1, -0.05) is 19.1 Å². The van der Waals surface area contributed by atoms with Crippen molar-refractivity contribution < 1.29 is 14.3 Å². The number of likely N-dealkylation sites (N-methyl/N-ethyl adjacent to an activating group) is 1. The van der Waals surface area contributed by atoms with E-state index in [4.69, 9.17) is 9.47 Å². The monoisotopic (exact) mass is 265 g/mol. The molecule has 19 heavy (non-hydrogen) atoms. The SMILES string of the molecule is CCOC(=O)COCCN(C)c1ccc(CC)cc1. The zero-order chi connectivity index (χ0) is 14.1. The quantitative estimate of drug-likeness (QED) is 0.534. The van der Waals surface area contributed by atoms with Gasteiger partial charge in [0.05, 0.1) is 13.2 Å². The average molecular weight is 265 g/mol. The van der Waals surface area contributed by atoms with Gasteiger partial charge in [0.15, 0.2) is 0 Å². The number of benzene rings is 1. The summed E-state index contributed by atoms with van der Waals surface area (Å²) in [4.78, 5) is 13.2. The van der Waals surface area contributed by atoms with E-state index >= 15 is 0 Å². The molecule has 0 amide bonds. The Balaban J connectivity index is 2.26. The standard InChI is InChI=1S/C15H23NO3/c1-4-13-6-8-14(9-7-13)16(3)10-11-18-12-15(17)19-5-2/h6-9H,4-5,10-12H2,1-3H3. The van der Waals surface area contributed by atoms with E-state index in [9.17, 15) is 4.79 Å². The highest BCUT2D eigenvalue weighted by atomic mass is 16.6. The fraction of sp³-hybridized carbons (Fsp3) is 0.533. The van der Waals surface area contributed by atoms with E-state index < -0.39 is 0 Å². The summed E-state index contributed by atoms with van der Waals surface area (Å²) in [6.45, 7) is 5.59. The van der Waals surface area contributed by atoms with Crippen molar-refractivity contribution in [3.05, 3.63) is 29.8 Å². The summed E-state index contributed by atoms with van der Waals surface area (Å²) in [5.74, 6) is -0.308. The Morgan fingerprint density at radius 2 is 1.89 bits per heavy atom. The van der Waals surface area contributed by atoms with Crippen LogP contribution < -0.4 is 4.90 Å². The maximum absolute atomic E-state index is 11.1. The molecule has 0 aromatic heterocycles. The van der Waals surface area contributed by atoms with Crippen LogP contribution in [0.1, 0.15) is 19.4 Å². The van der Waals surface area contributed by atoms with Crippen LogP contribution >= 0.6 is 0 Å². The van der Waals surface area contributed by atoms with Gasteiger partial charge in [0.25, 0.3) is 0 Å². The van der Waals surface area contributed by atoms with Gasteiger partial charge >= 0.3 is 5.97 Å². The molecule has 0 radical (unpaired) electrons. The molecule has 4 nitrogen and oxygen atoms in total. The maximum Gasteiger partial charge on any atom is 0.332 e. The second-order valence-electron chi connectivity index (χ2n) is 4.30. The number of rotatable bonds is 8. The van der Waals surface area contributed by atoms with E-state index in [2.05, 4.69) is 36.1 Å². The summed E-state index contributed by atoms with van der Waals surface area (Å²) in [7, 11) is 2.01. The second-order valence-corrected chi connectivity index (χ2v) is 4.30. The van der Waals surface area contributed by atoms with Crippen LogP contribution in [0.4, 0.5) is 5.69 Å². The predicted octanol–water partition coefficient (Wildman–Crippen LogP) is 2.26. The van der Waals surface area contributed by atoms with Crippen molar-refractivity contribution in [1.29, 1.82) is 0 Å². The molecule has 1 aromatic rings. The molecule has 0 aliphatic rings. The third-order valence-electron chi connectivity index (χ3n) is 2.88. The number of esters is 1. The van der Waals surface area contributed by atoms with Gasteiger partial charge in [-0.3, -0.25) is 0 Å². The first-order valence-corrected chi connectivity index (χ1v) is 6.70. The molecule has 0 heterocycles. The molecule has 0 bridgehead atoms. The van der Waals surface area contributed by atoms with Crippen molar-refractivity contribution in [2.45, 2.75) is 20.3 Å². The van der Waals surface area contributed by atoms with E-state index in [1.807, 2.05) is 7.05 Å². The van der Waals surface area contributed by atoms with Gasteiger partial charge in [0, 0.05) is 19.3 Å². The molecule has 0 unspecified atom stereocenters. The predicted molar refractivity (Wildman–Crippen MR) is 76.5 cm³/mol. The van der Waals surface area contributed by atoms with Crippen molar-refractivity contribution in [3.8, 4) is 0 Å². The van der Waals surface area contributed by atoms with Gasteiger partial charge < -0.3 is 14.4 Å². The lowest BCUT2D eigenvalue weighted by molar-refractivity contribution is -0.148. The van der Waals surface area contributed by atoms with Gasteiger partial charge in [-0.15, -0.1) is 0 Å². The van der Waals surface area contributed by atoms with Gasteiger partial charge in [0.2, 0.25) is 0 Å². The second kappa shape index (κ2) is 8.53. The van der Waals surface area contributed by atoms with Crippen molar-refractivity contribution in [1.82, 2.24) is 0 Å². The zero-order valence-corrected chi connectivity index (χ0v) is 12.0. The summed E-state index contributed by atoms with van der Waals surface area (Å²) in [5.41, 5.74) is 2.48. The van der Waals surface area contributed by atoms with Crippen LogP contribution in [0.3, 0.4) is 0 Å². The minimum Gasteiger partial charge on any atom is -0.464 e. The van der Waals surface area contributed by atoms with Gasteiger partial charge in [-0.25, -0.2) is 4.79 Å². The van der Waals surface area contributed by atoms with Crippen LogP contribution in [0.25, 0.3) is 0 Å². The maximum atomic E-state index is 11.1. The molecule has 4 heteroatoms. The largest absolute Gasteiger partial charge is 0.464 e. The van der Waals surface area contributed by atoms with Crippen LogP contribution in [0.15, 0.2) is 24.3 Å². The Labute approximate surface area is 115 Å². The lowest BCUT2D eigenvalue weighted by Gasteiger charge is -2.19. The molecule has 0 atom stereocenters. The third-order valence-corrected chi connectivity index (χ3v) is 2.88. The molecular weight excluding hydrogens is 242 g/mol. The van der Waals surface area contributed by atoms with Gasteiger partial charge in [0.1, 0.15) is 6.61 Å². The van der Waals surface area contributed by atoms with Crippen molar-refractivity contribution in [2.75, 3.05) is 38.3 Å². The molecular formula is C15H23NO3. The van der Waals surface area contributed by atoms with E-state index in [-0.39, 0.29) is 12.6 Å². The molecule has 0 N–H and O–H groups in total. The Morgan fingerprint density at radius 3 is 2.47 bits per heavy atom. The fourth-order valence-electron chi connectivity index (χ4n) is 1.67. The third kappa shape index (κ3) is 5.75. The molecule has 0 aliphatic heterocycles. The lowest BCUT2D eigenvalue weighted by Crippen LogP contribution is -2.24. The Hall–Kier alpha value is -1.55. The van der Waals surface area contributed by atoms with Crippen molar-refractivity contribution in [2.24, 2.45) is 0 Å². The highest BCUT2D eigenvalue weighted by Crippen LogP contribution is 2.13. The molecule has 0 spiro atoms. The summed E-state index contributed by atoms with van der Waals surface area (Å²) in [6, 6.07) is 8.46. The first kappa shape index (κ1) is 15.5. The van der Waals surface area contributed by atoms with Gasteiger partial charge in [-0.2, -0.15) is 0 Å². The van der Waals surface area contributed by atoms with Crippen LogP contribution in [0.5, 0.6) is 0 Å². The molecule has 1 rings (SSSR count). The van der Waals surface area contributed by atoms with E-state index in [1.165, 1.54) is 5.56 Å². The molecule has 0 aliphatic carbocycles. The minimum atomic E-state index is -0.308. The van der Waals surface area contributed by atoms with Crippen LogP contribution in [0.2, 0.25) is 0 Å². The molecule has 0 fully saturated rings. The Kier molecular flexibility index (Phi) is 6.97. The first-order chi connectivity index (χ1) is 9.17. The normalized spacial score (nSPS) is 10.3. The van der Waals surface area contributed by atoms with Crippen LogP contribution in [-0.4, -0.2) is 39.4 Å². The van der Waals surface area contributed by atoms with Crippen molar-refractivity contribution >= 4 is 11.7 Å².